The highest BCUT2D eigenvalue weighted by Crippen LogP contribution is 2.29. The summed E-state index contributed by atoms with van der Waals surface area (Å²) >= 11 is 1.57. The van der Waals surface area contributed by atoms with Crippen molar-refractivity contribution in [3.63, 3.8) is 0 Å². The average Bonchev–Trinajstić information content (AvgIpc) is 3.18. The zero-order valence-electron chi connectivity index (χ0n) is 13.1. The molecule has 0 unspecified atom stereocenters. The van der Waals surface area contributed by atoms with E-state index in [4.69, 9.17) is 4.52 Å². The molecule has 3 aromatic rings. The van der Waals surface area contributed by atoms with Crippen LogP contribution in [0, 0.1) is 0 Å². The van der Waals surface area contributed by atoms with Crippen LogP contribution < -0.4 is 5.32 Å². The van der Waals surface area contributed by atoms with Gasteiger partial charge < -0.3 is 4.52 Å². The maximum absolute atomic E-state index is 12.4. The molecule has 1 aliphatic rings. The Morgan fingerprint density at radius 3 is 2.83 bits per heavy atom. The van der Waals surface area contributed by atoms with Gasteiger partial charge in [0.25, 0.3) is 5.91 Å². The Balaban J connectivity index is 1.50. The second-order valence-corrected chi connectivity index (χ2v) is 6.93. The van der Waals surface area contributed by atoms with E-state index in [-0.39, 0.29) is 11.6 Å². The highest BCUT2D eigenvalue weighted by atomic mass is 32.1. The fourth-order valence-corrected chi connectivity index (χ4v) is 3.91. The molecule has 0 saturated heterocycles. The zero-order chi connectivity index (χ0) is 16.4. The van der Waals surface area contributed by atoms with Crippen molar-refractivity contribution in [1.82, 2.24) is 10.1 Å². The van der Waals surface area contributed by atoms with E-state index in [1.165, 1.54) is 24.1 Å². The second-order valence-electron chi connectivity index (χ2n) is 5.85. The Morgan fingerprint density at radius 2 is 1.96 bits per heavy atom. The van der Waals surface area contributed by atoms with Crippen molar-refractivity contribution in [3.8, 4) is 11.3 Å². The Bertz CT molecular complexity index is 831. The lowest BCUT2D eigenvalue weighted by Gasteiger charge is -1.97. The summed E-state index contributed by atoms with van der Waals surface area (Å²) in [6.07, 6.45) is 5.70. The summed E-state index contributed by atoms with van der Waals surface area (Å²) < 4.78 is 5.28. The number of thiazole rings is 1. The van der Waals surface area contributed by atoms with Gasteiger partial charge in [0.05, 0.1) is 5.69 Å². The van der Waals surface area contributed by atoms with Gasteiger partial charge in [0.15, 0.2) is 16.6 Å². The van der Waals surface area contributed by atoms with Crippen molar-refractivity contribution in [1.29, 1.82) is 0 Å². The number of rotatable bonds is 3. The van der Waals surface area contributed by atoms with Crippen LogP contribution in [0.25, 0.3) is 11.3 Å². The summed E-state index contributed by atoms with van der Waals surface area (Å²) in [6, 6.07) is 11.3. The number of aromatic nitrogens is 2. The number of nitrogens with zero attached hydrogens (tertiary/aromatic N) is 2. The number of benzene rings is 1. The predicted molar refractivity (Wildman–Crippen MR) is 93.3 cm³/mol. The fourth-order valence-electron chi connectivity index (χ4n) is 2.86. The van der Waals surface area contributed by atoms with E-state index in [1.807, 2.05) is 30.3 Å². The molecule has 1 N–H and O–H groups in total. The van der Waals surface area contributed by atoms with Gasteiger partial charge in [-0.05, 0) is 25.7 Å². The van der Waals surface area contributed by atoms with E-state index in [2.05, 4.69) is 15.5 Å². The second kappa shape index (κ2) is 6.57. The number of hydrogen-bond acceptors (Lipinski definition) is 5. The van der Waals surface area contributed by atoms with Crippen LogP contribution in [0.2, 0.25) is 0 Å². The lowest BCUT2D eigenvalue weighted by Crippen LogP contribution is -2.12. The summed E-state index contributed by atoms with van der Waals surface area (Å²) in [5.74, 6) is 0.292. The molecular weight excluding hydrogens is 322 g/mol. The third-order valence-electron chi connectivity index (χ3n) is 4.12. The summed E-state index contributed by atoms with van der Waals surface area (Å²) in [7, 11) is 0. The van der Waals surface area contributed by atoms with Crippen molar-refractivity contribution in [3.05, 3.63) is 52.7 Å². The molecule has 0 spiro atoms. The molecule has 1 aromatic carbocycles. The van der Waals surface area contributed by atoms with E-state index >= 15 is 0 Å². The van der Waals surface area contributed by atoms with Gasteiger partial charge in [0.2, 0.25) is 0 Å². The van der Waals surface area contributed by atoms with Crippen LogP contribution in [-0.4, -0.2) is 16.0 Å². The molecule has 5 nitrogen and oxygen atoms in total. The Hall–Kier alpha value is -2.47. The first-order valence-corrected chi connectivity index (χ1v) is 8.93. The van der Waals surface area contributed by atoms with Gasteiger partial charge in [-0.25, -0.2) is 4.98 Å². The molecule has 1 aliphatic carbocycles. The molecule has 6 heteroatoms. The van der Waals surface area contributed by atoms with Crippen LogP contribution in [0.3, 0.4) is 0 Å². The minimum atomic E-state index is -0.287. The number of aryl methyl sites for hydroxylation is 2. The molecule has 4 rings (SSSR count). The van der Waals surface area contributed by atoms with Crippen LogP contribution in [-0.2, 0) is 12.8 Å². The highest BCUT2D eigenvalue weighted by molar-refractivity contribution is 7.15. The average molecular weight is 339 g/mol. The van der Waals surface area contributed by atoms with Crippen LogP contribution in [0.5, 0.6) is 0 Å². The van der Waals surface area contributed by atoms with E-state index < -0.39 is 0 Å². The van der Waals surface area contributed by atoms with Crippen molar-refractivity contribution in [2.24, 2.45) is 0 Å². The third kappa shape index (κ3) is 3.10. The number of carbonyl (C=O) groups excluding carboxylic acids is 1. The molecular formula is C18H17N3O2S. The van der Waals surface area contributed by atoms with E-state index in [9.17, 15) is 4.79 Å². The number of amides is 1. The highest BCUT2D eigenvalue weighted by Gasteiger charge is 2.18. The minimum absolute atomic E-state index is 0.263. The van der Waals surface area contributed by atoms with E-state index in [0.29, 0.717) is 10.9 Å². The molecule has 1 amide bonds. The molecule has 0 atom stereocenters. The Labute approximate surface area is 143 Å². The Morgan fingerprint density at radius 1 is 1.12 bits per heavy atom. The van der Waals surface area contributed by atoms with Gasteiger partial charge in [0, 0.05) is 16.5 Å². The SMILES string of the molecule is O=C(Nc1nc2c(s1)CCCCC2)c1cc(-c2ccccc2)on1. The summed E-state index contributed by atoms with van der Waals surface area (Å²) in [4.78, 5) is 18.2. The van der Waals surface area contributed by atoms with Crippen molar-refractivity contribution < 1.29 is 9.32 Å². The molecule has 0 saturated carbocycles. The van der Waals surface area contributed by atoms with Crippen LogP contribution in [0.15, 0.2) is 40.9 Å². The number of carbonyl (C=O) groups is 1. The molecule has 0 bridgehead atoms. The topological polar surface area (TPSA) is 68.0 Å². The smallest absolute Gasteiger partial charge is 0.279 e. The lowest BCUT2D eigenvalue weighted by atomic mass is 10.1. The summed E-state index contributed by atoms with van der Waals surface area (Å²) in [5.41, 5.74) is 2.29. The monoisotopic (exact) mass is 339 g/mol. The molecule has 0 aliphatic heterocycles. The molecule has 24 heavy (non-hydrogen) atoms. The first-order valence-electron chi connectivity index (χ1n) is 8.12. The number of anilines is 1. The van der Waals surface area contributed by atoms with Crippen molar-refractivity contribution in [2.45, 2.75) is 32.1 Å². The first kappa shape index (κ1) is 15.1. The van der Waals surface area contributed by atoms with Crippen molar-refractivity contribution >= 4 is 22.4 Å². The number of nitrogens with one attached hydrogen (secondary N) is 1. The first-order chi connectivity index (χ1) is 11.8. The Kier molecular flexibility index (Phi) is 4.13. The molecule has 0 fully saturated rings. The predicted octanol–water partition coefficient (Wildman–Crippen LogP) is 4.32. The normalized spacial score (nSPS) is 14.0. The summed E-state index contributed by atoms with van der Waals surface area (Å²) in [6.45, 7) is 0. The van der Waals surface area contributed by atoms with Gasteiger partial charge in [-0.2, -0.15) is 0 Å². The standard InChI is InChI=1S/C18H17N3O2S/c22-17(14-11-15(23-21-14)12-7-3-1-4-8-12)20-18-19-13-9-5-2-6-10-16(13)24-18/h1,3-4,7-8,11H,2,5-6,9-10H2,(H,19,20,22). The molecule has 122 valence electrons. The van der Waals surface area contributed by atoms with E-state index in [0.717, 1.165) is 24.1 Å². The maximum atomic E-state index is 12.4. The van der Waals surface area contributed by atoms with Crippen LogP contribution >= 0.6 is 11.3 Å². The van der Waals surface area contributed by atoms with Crippen LogP contribution in [0.1, 0.15) is 40.3 Å². The molecule has 2 heterocycles. The van der Waals surface area contributed by atoms with Gasteiger partial charge in [-0.1, -0.05) is 41.9 Å². The van der Waals surface area contributed by atoms with Gasteiger partial charge in [0.1, 0.15) is 0 Å². The van der Waals surface area contributed by atoms with Gasteiger partial charge in [-0.15, -0.1) is 11.3 Å². The molecule has 2 aromatic heterocycles. The minimum Gasteiger partial charge on any atom is -0.355 e. The van der Waals surface area contributed by atoms with Gasteiger partial charge >= 0.3 is 0 Å². The third-order valence-corrected chi connectivity index (χ3v) is 5.19. The number of fused-ring (bicyclic) bond motifs is 1. The molecule has 0 radical (unpaired) electrons. The maximum Gasteiger partial charge on any atom is 0.279 e. The van der Waals surface area contributed by atoms with Crippen LogP contribution in [0.4, 0.5) is 5.13 Å². The fraction of sp³-hybridized carbons (Fsp3) is 0.278. The van der Waals surface area contributed by atoms with Gasteiger partial charge in [-0.3, -0.25) is 10.1 Å². The zero-order valence-corrected chi connectivity index (χ0v) is 13.9. The van der Waals surface area contributed by atoms with Crippen molar-refractivity contribution in [2.75, 3.05) is 5.32 Å². The quantitative estimate of drug-likeness (QED) is 0.722. The number of hydrogen-bond donors (Lipinski definition) is 1. The summed E-state index contributed by atoms with van der Waals surface area (Å²) in [5, 5.41) is 7.37. The largest absolute Gasteiger partial charge is 0.355 e. The lowest BCUT2D eigenvalue weighted by molar-refractivity contribution is 0.101. The van der Waals surface area contributed by atoms with E-state index in [1.54, 1.807) is 17.4 Å².